The van der Waals surface area contributed by atoms with Crippen molar-refractivity contribution < 1.29 is 9.84 Å². The standard InChI is InChI=1S/C13H18N4O2/c1-2-19-13-5-3-4-11(8-13)14-9-12-10-17(6-7-18)16-15-12/h3-5,8,10,14,18H,2,6-7,9H2,1H3. The monoisotopic (exact) mass is 262 g/mol. The molecule has 0 saturated carbocycles. The number of hydrogen-bond donors (Lipinski definition) is 2. The zero-order valence-corrected chi connectivity index (χ0v) is 10.9. The zero-order chi connectivity index (χ0) is 13.5. The van der Waals surface area contributed by atoms with E-state index in [1.165, 1.54) is 0 Å². The molecular weight excluding hydrogens is 244 g/mol. The van der Waals surface area contributed by atoms with E-state index in [9.17, 15) is 0 Å². The molecule has 0 bridgehead atoms. The van der Waals surface area contributed by atoms with Gasteiger partial charge in [-0.05, 0) is 19.1 Å². The molecule has 2 aromatic rings. The first-order valence-corrected chi connectivity index (χ1v) is 6.28. The van der Waals surface area contributed by atoms with E-state index in [2.05, 4.69) is 15.6 Å². The molecule has 0 spiro atoms. The van der Waals surface area contributed by atoms with Crippen LogP contribution in [0.15, 0.2) is 30.5 Å². The molecule has 0 aliphatic carbocycles. The molecule has 102 valence electrons. The minimum Gasteiger partial charge on any atom is -0.494 e. The van der Waals surface area contributed by atoms with E-state index >= 15 is 0 Å². The van der Waals surface area contributed by atoms with Crippen LogP contribution in [0.3, 0.4) is 0 Å². The predicted molar refractivity (Wildman–Crippen MR) is 72.0 cm³/mol. The fourth-order valence-corrected chi connectivity index (χ4v) is 1.69. The molecule has 1 aromatic carbocycles. The molecule has 6 heteroatoms. The van der Waals surface area contributed by atoms with Gasteiger partial charge in [0.25, 0.3) is 0 Å². The highest BCUT2D eigenvalue weighted by Crippen LogP contribution is 2.17. The van der Waals surface area contributed by atoms with Crippen molar-refractivity contribution in [2.45, 2.75) is 20.0 Å². The smallest absolute Gasteiger partial charge is 0.121 e. The first-order chi connectivity index (χ1) is 9.31. The third-order valence-corrected chi connectivity index (χ3v) is 2.53. The van der Waals surface area contributed by atoms with Gasteiger partial charge < -0.3 is 15.2 Å². The van der Waals surface area contributed by atoms with Crippen LogP contribution in [-0.2, 0) is 13.1 Å². The van der Waals surface area contributed by atoms with Crippen molar-refractivity contribution >= 4 is 5.69 Å². The number of aliphatic hydroxyl groups excluding tert-OH is 1. The number of nitrogens with zero attached hydrogens (tertiary/aromatic N) is 3. The van der Waals surface area contributed by atoms with Crippen molar-refractivity contribution in [2.24, 2.45) is 0 Å². The third-order valence-electron chi connectivity index (χ3n) is 2.53. The van der Waals surface area contributed by atoms with Gasteiger partial charge in [-0.1, -0.05) is 11.3 Å². The van der Waals surface area contributed by atoms with Gasteiger partial charge in [-0.2, -0.15) is 0 Å². The van der Waals surface area contributed by atoms with Crippen LogP contribution in [-0.4, -0.2) is 33.3 Å². The highest BCUT2D eigenvalue weighted by atomic mass is 16.5. The third kappa shape index (κ3) is 3.96. The maximum atomic E-state index is 8.80. The summed E-state index contributed by atoms with van der Waals surface area (Å²) in [5, 5.41) is 20.0. The van der Waals surface area contributed by atoms with Crippen LogP contribution >= 0.6 is 0 Å². The molecule has 0 atom stereocenters. The molecule has 2 N–H and O–H groups in total. The second-order valence-electron chi connectivity index (χ2n) is 4.01. The summed E-state index contributed by atoms with van der Waals surface area (Å²) in [6.07, 6.45) is 1.82. The number of ether oxygens (including phenoxy) is 1. The van der Waals surface area contributed by atoms with Gasteiger partial charge in [-0.15, -0.1) is 5.10 Å². The normalized spacial score (nSPS) is 10.4. The molecule has 0 aliphatic rings. The van der Waals surface area contributed by atoms with E-state index in [0.717, 1.165) is 17.1 Å². The Bertz CT molecular complexity index is 513. The van der Waals surface area contributed by atoms with Gasteiger partial charge in [0.2, 0.25) is 0 Å². The molecular formula is C13H18N4O2. The molecule has 0 unspecified atom stereocenters. The summed E-state index contributed by atoms with van der Waals surface area (Å²) in [6, 6.07) is 7.78. The van der Waals surface area contributed by atoms with Crippen LogP contribution in [0.2, 0.25) is 0 Å². The fraction of sp³-hybridized carbons (Fsp3) is 0.385. The summed E-state index contributed by atoms with van der Waals surface area (Å²) < 4.78 is 7.05. The SMILES string of the molecule is CCOc1cccc(NCc2cn(CCO)nn2)c1. The molecule has 1 aromatic heterocycles. The second-order valence-corrected chi connectivity index (χ2v) is 4.01. The Morgan fingerprint density at radius 1 is 1.42 bits per heavy atom. The highest BCUT2D eigenvalue weighted by molar-refractivity contribution is 5.48. The van der Waals surface area contributed by atoms with E-state index in [-0.39, 0.29) is 6.61 Å². The Kier molecular flexibility index (Phi) is 4.74. The van der Waals surface area contributed by atoms with Gasteiger partial charge in [0.1, 0.15) is 11.4 Å². The summed E-state index contributed by atoms with van der Waals surface area (Å²) >= 11 is 0. The summed E-state index contributed by atoms with van der Waals surface area (Å²) in [4.78, 5) is 0. The van der Waals surface area contributed by atoms with Crippen LogP contribution in [0.1, 0.15) is 12.6 Å². The number of nitrogens with one attached hydrogen (secondary N) is 1. The predicted octanol–water partition coefficient (Wildman–Crippen LogP) is 1.28. The maximum Gasteiger partial charge on any atom is 0.121 e. The number of hydrogen-bond acceptors (Lipinski definition) is 5. The molecule has 2 rings (SSSR count). The van der Waals surface area contributed by atoms with Gasteiger partial charge in [0.05, 0.1) is 32.5 Å². The molecule has 6 nitrogen and oxygen atoms in total. The topological polar surface area (TPSA) is 72.2 Å². The van der Waals surface area contributed by atoms with E-state index in [1.54, 1.807) is 4.68 Å². The molecule has 0 saturated heterocycles. The number of aromatic nitrogens is 3. The van der Waals surface area contributed by atoms with Gasteiger partial charge in [-0.3, -0.25) is 0 Å². The quantitative estimate of drug-likeness (QED) is 0.786. The molecule has 0 aliphatic heterocycles. The van der Waals surface area contributed by atoms with E-state index in [0.29, 0.717) is 19.7 Å². The Balaban J connectivity index is 1.91. The average molecular weight is 262 g/mol. The van der Waals surface area contributed by atoms with E-state index in [4.69, 9.17) is 9.84 Å². The second kappa shape index (κ2) is 6.75. The summed E-state index contributed by atoms with van der Waals surface area (Å²) in [7, 11) is 0. The Labute approximate surface area is 112 Å². The summed E-state index contributed by atoms with van der Waals surface area (Å²) in [6.45, 7) is 3.72. The Morgan fingerprint density at radius 2 is 2.32 bits per heavy atom. The molecule has 0 amide bonds. The number of benzene rings is 1. The van der Waals surface area contributed by atoms with Crippen LogP contribution < -0.4 is 10.1 Å². The van der Waals surface area contributed by atoms with Crippen LogP contribution in [0.25, 0.3) is 0 Å². The van der Waals surface area contributed by atoms with Crippen LogP contribution in [0, 0.1) is 0 Å². The Morgan fingerprint density at radius 3 is 3.11 bits per heavy atom. The van der Waals surface area contributed by atoms with Crippen LogP contribution in [0.5, 0.6) is 5.75 Å². The van der Waals surface area contributed by atoms with Crippen molar-refractivity contribution in [1.82, 2.24) is 15.0 Å². The minimum atomic E-state index is 0.0621. The lowest BCUT2D eigenvalue weighted by molar-refractivity contribution is 0.268. The fourth-order valence-electron chi connectivity index (χ4n) is 1.69. The lowest BCUT2D eigenvalue weighted by atomic mass is 10.3. The molecule has 1 heterocycles. The van der Waals surface area contributed by atoms with Gasteiger partial charge in [-0.25, -0.2) is 4.68 Å². The van der Waals surface area contributed by atoms with Crippen molar-refractivity contribution in [3.8, 4) is 5.75 Å². The maximum absolute atomic E-state index is 8.80. The van der Waals surface area contributed by atoms with Crippen molar-refractivity contribution in [2.75, 3.05) is 18.5 Å². The largest absolute Gasteiger partial charge is 0.494 e. The zero-order valence-electron chi connectivity index (χ0n) is 10.9. The lowest BCUT2D eigenvalue weighted by Gasteiger charge is -2.07. The lowest BCUT2D eigenvalue weighted by Crippen LogP contribution is -2.02. The number of rotatable bonds is 7. The molecule has 0 fully saturated rings. The van der Waals surface area contributed by atoms with Crippen molar-refractivity contribution in [3.05, 3.63) is 36.2 Å². The summed E-state index contributed by atoms with van der Waals surface area (Å²) in [5.74, 6) is 0.844. The summed E-state index contributed by atoms with van der Waals surface area (Å²) in [5.41, 5.74) is 1.80. The first-order valence-electron chi connectivity index (χ1n) is 6.28. The Hall–Kier alpha value is -2.08. The molecule has 0 radical (unpaired) electrons. The number of anilines is 1. The number of aliphatic hydroxyl groups is 1. The molecule has 19 heavy (non-hydrogen) atoms. The van der Waals surface area contributed by atoms with Gasteiger partial charge >= 0.3 is 0 Å². The first kappa shape index (κ1) is 13.4. The van der Waals surface area contributed by atoms with Crippen LogP contribution in [0.4, 0.5) is 5.69 Å². The van der Waals surface area contributed by atoms with Gasteiger partial charge in [0, 0.05) is 11.8 Å². The van der Waals surface area contributed by atoms with E-state index in [1.807, 2.05) is 37.4 Å². The minimum absolute atomic E-state index is 0.0621. The van der Waals surface area contributed by atoms with Crippen molar-refractivity contribution in [1.29, 1.82) is 0 Å². The average Bonchev–Trinajstić information content (AvgIpc) is 2.86. The van der Waals surface area contributed by atoms with Crippen molar-refractivity contribution in [3.63, 3.8) is 0 Å². The van der Waals surface area contributed by atoms with E-state index < -0.39 is 0 Å². The van der Waals surface area contributed by atoms with Gasteiger partial charge in [0.15, 0.2) is 0 Å². The highest BCUT2D eigenvalue weighted by Gasteiger charge is 2.01.